The van der Waals surface area contributed by atoms with Gasteiger partial charge in [0.2, 0.25) is 0 Å². The van der Waals surface area contributed by atoms with Gasteiger partial charge >= 0.3 is 6.01 Å². The fourth-order valence-electron chi connectivity index (χ4n) is 4.41. The number of amides is 1. The lowest BCUT2D eigenvalue weighted by Crippen LogP contribution is -2.49. The molecule has 0 spiro atoms. The Balaban J connectivity index is 1.32. The number of aliphatic hydroxyl groups excluding tert-OH is 2. The van der Waals surface area contributed by atoms with E-state index in [9.17, 15) is 9.90 Å². The summed E-state index contributed by atoms with van der Waals surface area (Å²) in [5.74, 6) is 0.795. The Morgan fingerprint density at radius 3 is 2.51 bits per heavy atom. The molecule has 1 fully saturated rings. The van der Waals surface area contributed by atoms with E-state index in [1.54, 1.807) is 11.3 Å². The summed E-state index contributed by atoms with van der Waals surface area (Å²) in [4.78, 5) is 28.6. The van der Waals surface area contributed by atoms with Crippen molar-refractivity contribution < 1.29 is 19.7 Å². The van der Waals surface area contributed by atoms with Crippen LogP contribution in [0.1, 0.15) is 22.2 Å². The Morgan fingerprint density at radius 2 is 1.78 bits per heavy atom. The first-order chi connectivity index (χ1) is 18.1. The molecule has 0 aliphatic carbocycles. The number of aryl methyl sites for hydroxylation is 1. The number of thiophene rings is 1. The predicted octanol–water partition coefficient (Wildman–Crippen LogP) is 3.62. The van der Waals surface area contributed by atoms with Gasteiger partial charge in [-0.25, -0.2) is 0 Å². The van der Waals surface area contributed by atoms with Gasteiger partial charge in [0.1, 0.15) is 23.4 Å². The standard InChI is InChI=1S/C28H30N4O4S/c1-2-23-16-24-25(29-28(30-26(24)37-23)36-18-22(34)17-33)31-11-13-32(14-12-31)27(35)21-10-6-9-20(15-21)19-7-4-3-5-8-19/h3-10,15-16,22,33-34H,2,11-14,17-18H2,1H3/t22-/m1/s1. The fraction of sp³-hybridized carbons (Fsp3) is 0.321. The van der Waals surface area contributed by atoms with Gasteiger partial charge in [-0.05, 0) is 35.7 Å². The highest BCUT2D eigenvalue weighted by Gasteiger charge is 2.26. The van der Waals surface area contributed by atoms with Gasteiger partial charge in [0.15, 0.2) is 0 Å². The maximum absolute atomic E-state index is 13.3. The molecule has 37 heavy (non-hydrogen) atoms. The molecule has 2 aromatic heterocycles. The highest BCUT2D eigenvalue weighted by molar-refractivity contribution is 7.18. The number of ether oxygens (including phenoxy) is 1. The van der Waals surface area contributed by atoms with Gasteiger partial charge in [0, 0.05) is 36.6 Å². The number of aliphatic hydroxyl groups is 2. The molecule has 1 aliphatic rings. The smallest absolute Gasteiger partial charge is 0.319 e. The Morgan fingerprint density at radius 1 is 1.03 bits per heavy atom. The van der Waals surface area contributed by atoms with Crippen LogP contribution in [0.25, 0.3) is 21.3 Å². The zero-order valence-corrected chi connectivity index (χ0v) is 21.5. The molecule has 8 nitrogen and oxygen atoms in total. The molecule has 0 bridgehead atoms. The molecule has 9 heteroatoms. The van der Waals surface area contributed by atoms with Crippen molar-refractivity contribution >= 4 is 33.3 Å². The highest BCUT2D eigenvalue weighted by Crippen LogP contribution is 2.33. The lowest BCUT2D eigenvalue weighted by Gasteiger charge is -2.35. The normalized spacial score (nSPS) is 14.7. The summed E-state index contributed by atoms with van der Waals surface area (Å²) >= 11 is 1.60. The van der Waals surface area contributed by atoms with Crippen molar-refractivity contribution in [3.63, 3.8) is 0 Å². The first-order valence-electron chi connectivity index (χ1n) is 12.5. The summed E-state index contributed by atoms with van der Waals surface area (Å²) in [5.41, 5.74) is 2.79. The van der Waals surface area contributed by atoms with Crippen molar-refractivity contribution in [3.05, 3.63) is 71.1 Å². The monoisotopic (exact) mass is 518 g/mol. The maximum atomic E-state index is 13.3. The zero-order chi connectivity index (χ0) is 25.8. The van der Waals surface area contributed by atoms with Crippen molar-refractivity contribution in [1.82, 2.24) is 14.9 Å². The first kappa shape index (κ1) is 25.1. The number of benzene rings is 2. The lowest BCUT2D eigenvalue weighted by atomic mass is 10.0. The number of fused-ring (bicyclic) bond motifs is 1. The first-order valence-corrected chi connectivity index (χ1v) is 13.3. The van der Waals surface area contributed by atoms with Gasteiger partial charge in [0.05, 0.1) is 12.0 Å². The van der Waals surface area contributed by atoms with Crippen molar-refractivity contribution in [3.8, 4) is 17.1 Å². The fourth-order valence-corrected chi connectivity index (χ4v) is 5.36. The Kier molecular flexibility index (Phi) is 7.64. The molecule has 192 valence electrons. The molecule has 1 amide bonds. The molecule has 2 aromatic carbocycles. The highest BCUT2D eigenvalue weighted by atomic mass is 32.1. The van der Waals surface area contributed by atoms with E-state index in [1.165, 1.54) is 4.88 Å². The number of carbonyl (C=O) groups excluding carboxylic acids is 1. The number of hydrogen-bond donors (Lipinski definition) is 2. The second-order valence-corrected chi connectivity index (χ2v) is 10.1. The molecule has 3 heterocycles. The number of anilines is 1. The van der Waals surface area contributed by atoms with Gasteiger partial charge in [-0.15, -0.1) is 11.3 Å². The van der Waals surface area contributed by atoms with Crippen LogP contribution in [0.3, 0.4) is 0 Å². The summed E-state index contributed by atoms with van der Waals surface area (Å²) in [6.45, 7) is 4.03. The van der Waals surface area contributed by atoms with Gasteiger partial charge in [-0.1, -0.05) is 49.4 Å². The van der Waals surface area contributed by atoms with E-state index >= 15 is 0 Å². The minimum Gasteiger partial charge on any atom is -0.461 e. The van der Waals surface area contributed by atoms with E-state index in [4.69, 9.17) is 9.84 Å². The molecular weight excluding hydrogens is 488 g/mol. The minimum absolute atomic E-state index is 0.0241. The van der Waals surface area contributed by atoms with Gasteiger partial charge in [-0.3, -0.25) is 4.79 Å². The van der Waals surface area contributed by atoms with Crippen LogP contribution >= 0.6 is 11.3 Å². The van der Waals surface area contributed by atoms with Crippen LogP contribution in [0, 0.1) is 0 Å². The second kappa shape index (κ2) is 11.2. The van der Waals surface area contributed by atoms with E-state index < -0.39 is 12.7 Å². The van der Waals surface area contributed by atoms with Crippen molar-refractivity contribution in [2.24, 2.45) is 0 Å². The third-order valence-corrected chi connectivity index (χ3v) is 7.62. The molecule has 1 atom stereocenters. The molecule has 4 aromatic rings. The third-order valence-electron chi connectivity index (χ3n) is 6.45. The minimum atomic E-state index is -0.993. The van der Waals surface area contributed by atoms with E-state index in [-0.39, 0.29) is 18.5 Å². The number of piperazine rings is 1. The number of carbonyl (C=O) groups is 1. The second-order valence-electron chi connectivity index (χ2n) is 8.99. The average Bonchev–Trinajstić information content (AvgIpc) is 3.39. The van der Waals surface area contributed by atoms with Crippen LogP contribution in [0.5, 0.6) is 6.01 Å². The van der Waals surface area contributed by atoms with Crippen LogP contribution < -0.4 is 9.64 Å². The Bertz CT molecular complexity index is 1370. The zero-order valence-electron chi connectivity index (χ0n) is 20.7. The largest absolute Gasteiger partial charge is 0.461 e. The SMILES string of the molecule is CCc1cc2c(N3CCN(C(=O)c4cccc(-c5ccccc5)c4)CC3)nc(OC[C@H](O)CO)nc2s1. The van der Waals surface area contributed by atoms with Crippen LogP contribution in [0.15, 0.2) is 60.7 Å². The van der Waals surface area contributed by atoms with Gasteiger partial charge < -0.3 is 24.7 Å². The maximum Gasteiger partial charge on any atom is 0.319 e. The quantitative estimate of drug-likeness (QED) is 0.368. The van der Waals surface area contributed by atoms with Crippen LogP contribution in [-0.2, 0) is 6.42 Å². The van der Waals surface area contributed by atoms with Crippen LogP contribution in [-0.4, -0.2) is 76.5 Å². The predicted molar refractivity (Wildman–Crippen MR) is 145 cm³/mol. The molecule has 0 unspecified atom stereocenters. The molecule has 1 aliphatic heterocycles. The summed E-state index contributed by atoms with van der Waals surface area (Å²) < 4.78 is 5.59. The van der Waals surface area contributed by atoms with Gasteiger partial charge in [-0.2, -0.15) is 9.97 Å². The number of rotatable bonds is 8. The Hall–Kier alpha value is -3.53. The van der Waals surface area contributed by atoms with Crippen molar-refractivity contribution in [2.75, 3.05) is 44.3 Å². The molecule has 1 saturated heterocycles. The summed E-state index contributed by atoms with van der Waals surface area (Å²) in [7, 11) is 0. The van der Waals surface area contributed by atoms with E-state index in [0.29, 0.717) is 31.7 Å². The number of hydrogen-bond acceptors (Lipinski definition) is 8. The van der Waals surface area contributed by atoms with Crippen LogP contribution in [0.4, 0.5) is 5.82 Å². The van der Waals surface area contributed by atoms with Crippen molar-refractivity contribution in [1.29, 1.82) is 0 Å². The molecule has 2 N–H and O–H groups in total. The lowest BCUT2D eigenvalue weighted by molar-refractivity contribution is 0.0506. The number of nitrogens with zero attached hydrogens (tertiary/aromatic N) is 4. The van der Waals surface area contributed by atoms with E-state index in [0.717, 1.165) is 33.6 Å². The van der Waals surface area contributed by atoms with E-state index in [2.05, 4.69) is 27.9 Å². The average molecular weight is 519 g/mol. The summed E-state index contributed by atoms with van der Waals surface area (Å²) in [6, 6.07) is 20.1. The van der Waals surface area contributed by atoms with E-state index in [1.807, 2.05) is 59.5 Å². The molecule has 0 radical (unpaired) electrons. The van der Waals surface area contributed by atoms with Crippen LogP contribution in [0.2, 0.25) is 0 Å². The molecule has 5 rings (SSSR count). The topological polar surface area (TPSA) is 99.0 Å². The summed E-state index contributed by atoms with van der Waals surface area (Å²) in [6.07, 6.45) is -0.100. The third kappa shape index (κ3) is 5.58. The molecular formula is C28H30N4O4S. The summed E-state index contributed by atoms with van der Waals surface area (Å²) in [5, 5.41) is 19.7. The Labute approximate surface area is 219 Å². The van der Waals surface area contributed by atoms with Gasteiger partial charge in [0.25, 0.3) is 5.91 Å². The van der Waals surface area contributed by atoms with Crippen molar-refractivity contribution in [2.45, 2.75) is 19.4 Å². The number of aromatic nitrogens is 2. The molecule has 0 saturated carbocycles.